The first-order valence-electron chi connectivity index (χ1n) is 5.36. The lowest BCUT2D eigenvalue weighted by molar-refractivity contribution is 0.518. The van der Waals surface area contributed by atoms with Crippen LogP contribution in [0.15, 0.2) is 11.9 Å². The second-order valence-electron chi connectivity index (χ2n) is 3.65. The molecule has 0 aliphatic heterocycles. The molecule has 0 aliphatic rings. The van der Waals surface area contributed by atoms with Gasteiger partial charge in [0.05, 0.1) is 6.54 Å². The molecule has 0 saturated heterocycles. The highest BCUT2D eigenvalue weighted by molar-refractivity contribution is 6.30. The van der Waals surface area contributed by atoms with Crippen molar-refractivity contribution >= 4 is 11.6 Å². The normalized spacial score (nSPS) is 12.2. The van der Waals surface area contributed by atoms with Gasteiger partial charge in [-0.25, -0.2) is 4.39 Å². The zero-order valence-corrected chi connectivity index (χ0v) is 10.4. The summed E-state index contributed by atoms with van der Waals surface area (Å²) in [5.74, 6) is -0.284. The van der Waals surface area contributed by atoms with E-state index in [0.29, 0.717) is 5.15 Å². The molecule has 16 heavy (non-hydrogen) atoms. The molecule has 1 rings (SSSR count). The zero-order valence-electron chi connectivity index (χ0n) is 9.63. The number of hydrogen-bond donors (Lipinski definition) is 1. The zero-order chi connectivity index (χ0) is 12.1. The second kappa shape index (κ2) is 6.01. The van der Waals surface area contributed by atoms with Crippen molar-refractivity contribution in [2.24, 2.45) is 5.73 Å². The maximum atomic E-state index is 13.3. The second-order valence-corrected chi connectivity index (χ2v) is 4.01. The van der Waals surface area contributed by atoms with Crippen LogP contribution in [0.2, 0.25) is 5.15 Å². The van der Waals surface area contributed by atoms with Gasteiger partial charge in [0.15, 0.2) is 5.15 Å². The SMILES string of the molecule is CCCc1c(Cl)nn(C/C(F)=C/CN)c1C. The lowest BCUT2D eigenvalue weighted by Crippen LogP contribution is -2.05. The van der Waals surface area contributed by atoms with Crippen molar-refractivity contribution in [2.45, 2.75) is 33.2 Å². The number of rotatable bonds is 5. The summed E-state index contributed by atoms with van der Waals surface area (Å²) in [7, 11) is 0. The van der Waals surface area contributed by atoms with Crippen molar-refractivity contribution in [2.75, 3.05) is 6.54 Å². The molecular weight excluding hydrogens is 229 g/mol. The van der Waals surface area contributed by atoms with Gasteiger partial charge in [0.25, 0.3) is 0 Å². The quantitative estimate of drug-likeness (QED) is 0.867. The Kier molecular flexibility index (Phi) is 4.96. The summed E-state index contributed by atoms with van der Waals surface area (Å²) in [5, 5.41) is 4.58. The van der Waals surface area contributed by atoms with E-state index in [2.05, 4.69) is 12.0 Å². The van der Waals surface area contributed by atoms with Crippen LogP contribution in [0.25, 0.3) is 0 Å². The maximum absolute atomic E-state index is 13.3. The van der Waals surface area contributed by atoms with Crippen LogP contribution in [0.4, 0.5) is 4.39 Å². The summed E-state index contributed by atoms with van der Waals surface area (Å²) >= 11 is 5.99. The number of allylic oxidation sites excluding steroid dienone is 1. The van der Waals surface area contributed by atoms with Crippen molar-refractivity contribution in [3.05, 3.63) is 28.3 Å². The molecule has 0 bridgehead atoms. The fourth-order valence-corrected chi connectivity index (χ4v) is 1.89. The van der Waals surface area contributed by atoms with Gasteiger partial charge >= 0.3 is 0 Å². The minimum Gasteiger partial charge on any atom is -0.327 e. The molecule has 0 amide bonds. The number of aromatic nitrogens is 2. The Morgan fingerprint density at radius 2 is 2.31 bits per heavy atom. The summed E-state index contributed by atoms with van der Waals surface area (Å²) in [4.78, 5) is 0. The van der Waals surface area contributed by atoms with Crippen molar-refractivity contribution in [1.29, 1.82) is 0 Å². The highest BCUT2D eigenvalue weighted by atomic mass is 35.5. The van der Waals surface area contributed by atoms with Crippen LogP contribution in [0, 0.1) is 6.92 Å². The Balaban J connectivity index is 2.90. The standard InChI is InChI=1S/C11H17ClFN3/c1-3-4-10-8(2)16(15-11(10)12)7-9(13)5-6-14/h5H,3-4,6-7,14H2,1-2H3/b9-5-. The molecular formula is C11H17ClFN3. The molecule has 0 aromatic carbocycles. The van der Waals surface area contributed by atoms with Gasteiger partial charge in [-0.1, -0.05) is 24.9 Å². The van der Waals surface area contributed by atoms with Crippen LogP contribution >= 0.6 is 11.6 Å². The van der Waals surface area contributed by atoms with E-state index in [0.717, 1.165) is 24.1 Å². The maximum Gasteiger partial charge on any atom is 0.154 e. The molecule has 90 valence electrons. The first-order chi connectivity index (χ1) is 7.60. The molecule has 1 aromatic rings. The van der Waals surface area contributed by atoms with Crippen LogP contribution in [0.1, 0.15) is 24.6 Å². The van der Waals surface area contributed by atoms with E-state index in [-0.39, 0.29) is 18.9 Å². The highest BCUT2D eigenvalue weighted by Gasteiger charge is 2.12. The molecule has 1 heterocycles. The Morgan fingerprint density at radius 3 is 2.88 bits per heavy atom. The smallest absolute Gasteiger partial charge is 0.154 e. The van der Waals surface area contributed by atoms with E-state index in [9.17, 15) is 4.39 Å². The molecule has 0 radical (unpaired) electrons. The summed E-state index contributed by atoms with van der Waals surface area (Å²) in [5.41, 5.74) is 7.16. The van der Waals surface area contributed by atoms with Gasteiger partial charge in [-0.3, -0.25) is 4.68 Å². The number of hydrogen-bond acceptors (Lipinski definition) is 2. The molecule has 2 N–H and O–H groups in total. The van der Waals surface area contributed by atoms with E-state index in [1.54, 1.807) is 4.68 Å². The Morgan fingerprint density at radius 1 is 1.62 bits per heavy atom. The van der Waals surface area contributed by atoms with Crippen molar-refractivity contribution in [3.8, 4) is 0 Å². The minimum atomic E-state index is -0.284. The van der Waals surface area contributed by atoms with Crippen LogP contribution in [0.5, 0.6) is 0 Å². The van der Waals surface area contributed by atoms with Gasteiger partial charge in [-0.05, 0) is 19.4 Å². The first kappa shape index (κ1) is 13.2. The van der Waals surface area contributed by atoms with Crippen LogP contribution in [-0.2, 0) is 13.0 Å². The minimum absolute atomic E-state index is 0.104. The molecule has 0 fully saturated rings. The Hall–Kier alpha value is -0.870. The van der Waals surface area contributed by atoms with E-state index >= 15 is 0 Å². The number of nitrogens with zero attached hydrogens (tertiary/aromatic N) is 2. The molecule has 0 atom stereocenters. The lowest BCUT2D eigenvalue weighted by atomic mass is 10.1. The predicted molar refractivity (Wildman–Crippen MR) is 64.2 cm³/mol. The Bertz CT molecular complexity index is 385. The third-order valence-corrected chi connectivity index (χ3v) is 2.73. The van der Waals surface area contributed by atoms with E-state index in [1.807, 2.05) is 6.92 Å². The van der Waals surface area contributed by atoms with Gasteiger partial charge in [-0.2, -0.15) is 5.10 Å². The largest absolute Gasteiger partial charge is 0.327 e. The van der Waals surface area contributed by atoms with Crippen molar-refractivity contribution in [3.63, 3.8) is 0 Å². The third-order valence-electron chi connectivity index (χ3n) is 2.42. The molecule has 0 aliphatic carbocycles. The molecule has 0 unspecified atom stereocenters. The van der Waals surface area contributed by atoms with Crippen LogP contribution in [-0.4, -0.2) is 16.3 Å². The first-order valence-corrected chi connectivity index (χ1v) is 5.74. The summed E-state index contributed by atoms with van der Waals surface area (Å²) < 4.78 is 14.9. The molecule has 5 heteroatoms. The van der Waals surface area contributed by atoms with Gasteiger partial charge in [0.1, 0.15) is 5.83 Å². The topological polar surface area (TPSA) is 43.8 Å². The van der Waals surface area contributed by atoms with Crippen molar-refractivity contribution < 1.29 is 4.39 Å². The van der Waals surface area contributed by atoms with Gasteiger partial charge in [-0.15, -0.1) is 0 Å². The predicted octanol–water partition coefficient (Wildman–Crippen LogP) is 2.61. The van der Waals surface area contributed by atoms with Crippen LogP contribution < -0.4 is 5.73 Å². The van der Waals surface area contributed by atoms with E-state index < -0.39 is 0 Å². The van der Waals surface area contributed by atoms with Crippen molar-refractivity contribution in [1.82, 2.24) is 9.78 Å². The summed E-state index contributed by atoms with van der Waals surface area (Å²) in [6.07, 6.45) is 3.20. The fraction of sp³-hybridized carbons (Fsp3) is 0.545. The summed E-state index contributed by atoms with van der Waals surface area (Å²) in [6, 6.07) is 0. The Labute approximate surface area is 100 Å². The average Bonchev–Trinajstić information content (AvgIpc) is 2.47. The third kappa shape index (κ3) is 3.06. The molecule has 0 saturated carbocycles. The molecule has 0 spiro atoms. The van der Waals surface area contributed by atoms with E-state index in [1.165, 1.54) is 6.08 Å². The van der Waals surface area contributed by atoms with Gasteiger partial charge in [0, 0.05) is 17.8 Å². The average molecular weight is 246 g/mol. The lowest BCUT2D eigenvalue weighted by Gasteiger charge is -2.03. The summed E-state index contributed by atoms with van der Waals surface area (Å²) in [6.45, 7) is 4.27. The highest BCUT2D eigenvalue weighted by Crippen LogP contribution is 2.21. The molecule has 1 aromatic heterocycles. The molecule has 3 nitrogen and oxygen atoms in total. The van der Waals surface area contributed by atoms with E-state index in [4.69, 9.17) is 17.3 Å². The fourth-order valence-electron chi connectivity index (χ4n) is 1.57. The van der Waals surface area contributed by atoms with Gasteiger partial charge in [0.2, 0.25) is 0 Å². The number of halogens is 2. The van der Waals surface area contributed by atoms with Gasteiger partial charge < -0.3 is 5.73 Å². The van der Waals surface area contributed by atoms with Crippen LogP contribution in [0.3, 0.4) is 0 Å². The number of nitrogens with two attached hydrogens (primary N) is 1. The monoisotopic (exact) mass is 245 g/mol.